The van der Waals surface area contributed by atoms with Crippen molar-refractivity contribution in [1.82, 2.24) is 9.55 Å². The van der Waals surface area contributed by atoms with Gasteiger partial charge in [0.15, 0.2) is 0 Å². The highest BCUT2D eigenvalue weighted by Gasteiger charge is 2.24. The second-order valence-electron chi connectivity index (χ2n) is 5.87. The number of aromatic carboxylic acids is 1. The lowest BCUT2D eigenvalue weighted by molar-refractivity contribution is 0.0699. The normalized spacial score (nSPS) is 14.6. The predicted molar refractivity (Wildman–Crippen MR) is 81.7 cm³/mol. The van der Waals surface area contributed by atoms with Gasteiger partial charge in [-0.05, 0) is 25.0 Å². The van der Waals surface area contributed by atoms with E-state index in [0.717, 1.165) is 11.3 Å². The lowest BCUT2D eigenvalue weighted by Gasteiger charge is -2.23. The van der Waals surface area contributed by atoms with Crippen molar-refractivity contribution in [2.24, 2.45) is 5.92 Å². The van der Waals surface area contributed by atoms with Crippen LogP contribution < -0.4 is 0 Å². The Morgan fingerprint density at radius 1 is 1.29 bits per heavy atom. The molecular weight excluding hydrogens is 268 g/mol. The average Bonchev–Trinajstić information content (AvgIpc) is 2.84. The van der Waals surface area contributed by atoms with Crippen molar-refractivity contribution < 1.29 is 15.0 Å². The van der Waals surface area contributed by atoms with Gasteiger partial charge in [-0.3, -0.25) is 0 Å². The molecule has 2 rings (SSSR count). The molecule has 2 unspecified atom stereocenters. The molecule has 21 heavy (non-hydrogen) atoms. The Balaban J connectivity index is 2.75. The zero-order valence-corrected chi connectivity index (χ0v) is 12.9. The summed E-state index contributed by atoms with van der Waals surface area (Å²) in [4.78, 5) is 15.9. The van der Waals surface area contributed by atoms with E-state index in [2.05, 4.69) is 9.55 Å². The fourth-order valence-electron chi connectivity index (χ4n) is 2.55. The van der Waals surface area contributed by atoms with Gasteiger partial charge in [-0.1, -0.05) is 26.8 Å². The third kappa shape index (κ3) is 2.65. The molecule has 0 saturated carbocycles. The lowest BCUT2D eigenvalue weighted by atomic mass is 10.0. The summed E-state index contributed by atoms with van der Waals surface area (Å²) in [5.41, 5.74) is 1.55. The summed E-state index contributed by atoms with van der Waals surface area (Å²) in [5, 5.41) is 18.7. The van der Waals surface area contributed by atoms with Crippen LogP contribution in [-0.2, 0) is 0 Å². The molecule has 5 nitrogen and oxygen atoms in total. The van der Waals surface area contributed by atoms with Crippen molar-refractivity contribution in [3.8, 4) is 0 Å². The number of carboxylic acid groups (broad SMARTS) is 1. The van der Waals surface area contributed by atoms with Gasteiger partial charge in [0, 0.05) is 18.6 Å². The van der Waals surface area contributed by atoms with E-state index in [9.17, 15) is 15.0 Å². The summed E-state index contributed by atoms with van der Waals surface area (Å²) in [6.07, 6.45) is 0. The van der Waals surface area contributed by atoms with E-state index in [1.54, 1.807) is 12.1 Å². The summed E-state index contributed by atoms with van der Waals surface area (Å²) in [7, 11) is 0. The first kappa shape index (κ1) is 15.5. The summed E-state index contributed by atoms with van der Waals surface area (Å²) in [6, 6.07) is 5.25. The second-order valence-corrected chi connectivity index (χ2v) is 5.87. The van der Waals surface area contributed by atoms with Gasteiger partial charge < -0.3 is 14.8 Å². The van der Waals surface area contributed by atoms with Gasteiger partial charge in [-0.25, -0.2) is 9.78 Å². The van der Waals surface area contributed by atoms with Gasteiger partial charge in [0.05, 0.1) is 11.1 Å². The first-order valence-electron chi connectivity index (χ1n) is 7.23. The topological polar surface area (TPSA) is 75.3 Å². The Labute approximate surface area is 124 Å². The van der Waals surface area contributed by atoms with E-state index in [-0.39, 0.29) is 30.0 Å². The standard InChI is InChI=1S/C16H22N2O3/c1-9(2)15-17-14-12(16(20)21)6-5-7-13(14)18(15)11(4)10(3)8-19/h5-7,9-11,19H,8H2,1-4H3,(H,20,21). The lowest BCUT2D eigenvalue weighted by Crippen LogP contribution is -2.19. The molecule has 0 aliphatic rings. The predicted octanol–water partition coefficient (Wildman–Crippen LogP) is 3.05. The number of fused-ring (bicyclic) bond motifs is 1. The van der Waals surface area contributed by atoms with Crippen molar-refractivity contribution in [3.05, 3.63) is 29.6 Å². The van der Waals surface area contributed by atoms with Crippen LogP contribution in [0.3, 0.4) is 0 Å². The number of para-hydroxylation sites is 1. The number of carbonyl (C=O) groups is 1. The van der Waals surface area contributed by atoms with Crippen LogP contribution in [0.15, 0.2) is 18.2 Å². The van der Waals surface area contributed by atoms with E-state index < -0.39 is 5.97 Å². The summed E-state index contributed by atoms with van der Waals surface area (Å²) in [6.45, 7) is 8.16. The molecular formula is C16H22N2O3. The molecule has 5 heteroatoms. The average molecular weight is 290 g/mol. The van der Waals surface area contributed by atoms with Crippen molar-refractivity contribution >= 4 is 17.0 Å². The Hall–Kier alpha value is -1.88. The van der Waals surface area contributed by atoms with Gasteiger partial charge in [0.25, 0.3) is 0 Å². The van der Waals surface area contributed by atoms with Crippen LogP contribution in [0.2, 0.25) is 0 Å². The highest BCUT2D eigenvalue weighted by Crippen LogP contribution is 2.30. The van der Waals surface area contributed by atoms with Crippen LogP contribution >= 0.6 is 0 Å². The molecule has 2 N–H and O–H groups in total. The molecule has 0 aliphatic carbocycles. The summed E-state index contributed by atoms with van der Waals surface area (Å²) in [5.74, 6) is 0.121. The van der Waals surface area contributed by atoms with Crippen molar-refractivity contribution in [2.45, 2.75) is 39.7 Å². The van der Waals surface area contributed by atoms with Gasteiger partial charge >= 0.3 is 5.97 Å². The van der Waals surface area contributed by atoms with Crippen LogP contribution in [-0.4, -0.2) is 32.3 Å². The smallest absolute Gasteiger partial charge is 0.337 e. The molecule has 0 radical (unpaired) electrons. The summed E-state index contributed by atoms with van der Waals surface area (Å²) >= 11 is 0. The van der Waals surface area contributed by atoms with Crippen molar-refractivity contribution in [3.63, 3.8) is 0 Å². The maximum atomic E-state index is 11.4. The molecule has 0 aliphatic heterocycles. The number of carboxylic acids is 1. The first-order chi connectivity index (χ1) is 9.88. The Morgan fingerprint density at radius 3 is 2.48 bits per heavy atom. The second kappa shape index (κ2) is 5.85. The highest BCUT2D eigenvalue weighted by atomic mass is 16.4. The molecule has 0 fully saturated rings. The maximum absolute atomic E-state index is 11.4. The monoisotopic (exact) mass is 290 g/mol. The van der Waals surface area contributed by atoms with Crippen LogP contribution in [0.25, 0.3) is 11.0 Å². The number of rotatable bonds is 5. The van der Waals surface area contributed by atoms with Gasteiger partial charge in [0.2, 0.25) is 0 Å². The number of hydrogen-bond acceptors (Lipinski definition) is 3. The number of aromatic nitrogens is 2. The maximum Gasteiger partial charge on any atom is 0.337 e. The third-order valence-electron chi connectivity index (χ3n) is 4.01. The Morgan fingerprint density at radius 2 is 1.95 bits per heavy atom. The first-order valence-corrected chi connectivity index (χ1v) is 7.23. The minimum atomic E-state index is -0.969. The largest absolute Gasteiger partial charge is 0.478 e. The molecule has 0 amide bonds. The molecule has 2 aromatic rings. The number of aliphatic hydroxyl groups excluding tert-OH is 1. The number of hydrogen-bond donors (Lipinski definition) is 2. The van der Waals surface area contributed by atoms with Crippen LogP contribution in [0.4, 0.5) is 0 Å². The highest BCUT2D eigenvalue weighted by molar-refractivity contribution is 6.01. The number of nitrogens with zero attached hydrogens (tertiary/aromatic N) is 2. The van der Waals surface area contributed by atoms with Gasteiger partial charge in [-0.2, -0.15) is 0 Å². The van der Waals surface area contributed by atoms with E-state index in [4.69, 9.17) is 0 Å². The van der Waals surface area contributed by atoms with Crippen molar-refractivity contribution in [2.75, 3.05) is 6.61 Å². The zero-order chi connectivity index (χ0) is 15.7. The molecule has 114 valence electrons. The quantitative estimate of drug-likeness (QED) is 0.887. The van der Waals surface area contributed by atoms with E-state index in [1.165, 1.54) is 0 Å². The van der Waals surface area contributed by atoms with E-state index in [0.29, 0.717) is 5.52 Å². The zero-order valence-electron chi connectivity index (χ0n) is 12.9. The molecule has 0 bridgehead atoms. The number of aliphatic hydroxyl groups is 1. The fraction of sp³-hybridized carbons (Fsp3) is 0.500. The molecule has 0 saturated heterocycles. The Kier molecular flexibility index (Phi) is 4.32. The minimum Gasteiger partial charge on any atom is -0.478 e. The van der Waals surface area contributed by atoms with E-state index >= 15 is 0 Å². The van der Waals surface area contributed by atoms with E-state index in [1.807, 2.05) is 33.8 Å². The third-order valence-corrected chi connectivity index (χ3v) is 4.01. The minimum absolute atomic E-state index is 0.0430. The van der Waals surface area contributed by atoms with Gasteiger partial charge in [0.1, 0.15) is 11.3 Å². The number of benzene rings is 1. The van der Waals surface area contributed by atoms with Gasteiger partial charge in [-0.15, -0.1) is 0 Å². The van der Waals surface area contributed by atoms with Crippen LogP contribution in [0.1, 0.15) is 55.8 Å². The molecule has 0 spiro atoms. The molecule has 1 aromatic heterocycles. The fourth-order valence-corrected chi connectivity index (χ4v) is 2.55. The Bertz CT molecular complexity index is 661. The van der Waals surface area contributed by atoms with Crippen molar-refractivity contribution in [1.29, 1.82) is 0 Å². The molecule has 2 atom stereocenters. The van der Waals surface area contributed by atoms with Crippen LogP contribution in [0, 0.1) is 5.92 Å². The molecule has 1 aromatic carbocycles. The number of imidazole rings is 1. The summed E-state index contributed by atoms with van der Waals surface area (Å²) < 4.78 is 2.06. The SMILES string of the molecule is CC(C)c1nc2c(C(=O)O)cccc2n1C(C)C(C)CO. The van der Waals surface area contributed by atoms with Crippen LogP contribution in [0.5, 0.6) is 0 Å². The molecule has 1 heterocycles.